The third-order valence-corrected chi connectivity index (χ3v) is 4.98. The Morgan fingerprint density at radius 2 is 2.24 bits per heavy atom. The Labute approximate surface area is 150 Å². The Morgan fingerprint density at radius 1 is 1.40 bits per heavy atom. The van der Waals surface area contributed by atoms with Gasteiger partial charge in [0.1, 0.15) is 5.01 Å². The zero-order valence-electron chi connectivity index (χ0n) is 14.1. The summed E-state index contributed by atoms with van der Waals surface area (Å²) in [5.74, 6) is 0. The number of carbonyl (C=O) groups excluding carboxylic acids is 1. The summed E-state index contributed by atoms with van der Waals surface area (Å²) < 4.78 is 5.43. The molecule has 3 rings (SSSR count). The fourth-order valence-electron chi connectivity index (χ4n) is 2.70. The number of pyridine rings is 1. The van der Waals surface area contributed by atoms with Crippen molar-refractivity contribution in [2.24, 2.45) is 0 Å². The first-order valence-corrected chi connectivity index (χ1v) is 9.17. The zero-order valence-corrected chi connectivity index (χ0v) is 15.0. The summed E-state index contributed by atoms with van der Waals surface area (Å²) in [5.41, 5.74) is 1.08. The van der Waals surface area contributed by atoms with Crippen LogP contribution in [-0.4, -0.2) is 59.0 Å². The number of morpholine rings is 1. The third-order valence-electron chi connectivity index (χ3n) is 4.00. The lowest BCUT2D eigenvalue weighted by Crippen LogP contribution is -2.44. The third kappa shape index (κ3) is 4.94. The molecule has 2 aromatic rings. The van der Waals surface area contributed by atoms with Gasteiger partial charge in [0.05, 0.1) is 19.3 Å². The van der Waals surface area contributed by atoms with E-state index in [0.717, 1.165) is 30.1 Å². The molecule has 0 aromatic carbocycles. The maximum absolute atomic E-state index is 12.2. The lowest BCUT2D eigenvalue weighted by Gasteiger charge is -2.34. The molecule has 9 heteroatoms. The predicted octanol–water partition coefficient (Wildman–Crippen LogP) is 1.69. The molecule has 0 spiro atoms. The maximum Gasteiger partial charge on any atom is 0.321 e. The molecule has 1 aliphatic rings. The Bertz CT molecular complexity index is 674. The minimum absolute atomic E-state index is 0.0592. The van der Waals surface area contributed by atoms with Gasteiger partial charge < -0.3 is 10.1 Å². The fourth-order valence-corrected chi connectivity index (χ4v) is 3.37. The minimum atomic E-state index is -0.277. The van der Waals surface area contributed by atoms with Crippen LogP contribution in [0.4, 0.5) is 9.93 Å². The quantitative estimate of drug-likeness (QED) is 0.812. The Morgan fingerprint density at radius 3 is 2.92 bits per heavy atom. The van der Waals surface area contributed by atoms with E-state index < -0.39 is 0 Å². The first-order valence-electron chi connectivity index (χ1n) is 8.35. The van der Waals surface area contributed by atoms with Gasteiger partial charge in [-0.05, 0) is 18.1 Å². The van der Waals surface area contributed by atoms with Crippen LogP contribution < -0.4 is 10.6 Å². The van der Waals surface area contributed by atoms with Gasteiger partial charge in [-0.3, -0.25) is 15.2 Å². The van der Waals surface area contributed by atoms with Gasteiger partial charge in [-0.15, -0.1) is 10.2 Å². The molecule has 0 aliphatic carbocycles. The molecule has 8 nitrogen and oxygen atoms in total. The molecule has 0 unspecified atom stereocenters. The van der Waals surface area contributed by atoms with Gasteiger partial charge in [-0.2, -0.15) is 0 Å². The SMILES string of the molecule is CCc1nnc(NC(=O)NC[C@H](c2cccnc2)N2CCOCC2)s1. The molecule has 2 N–H and O–H groups in total. The number of hydrogen-bond acceptors (Lipinski definition) is 7. The standard InChI is InChI=1S/C16H22N6O2S/c1-2-14-20-21-16(25-14)19-15(23)18-11-13(12-4-3-5-17-10-12)22-6-8-24-9-7-22/h3-5,10,13H,2,6-9,11H2,1H3,(H2,18,19,21,23)/t13-/m1/s1. The first kappa shape index (κ1) is 17.7. The van der Waals surface area contributed by atoms with Crippen molar-refractivity contribution in [3.63, 3.8) is 0 Å². The second-order valence-electron chi connectivity index (χ2n) is 5.64. The van der Waals surface area contributed by atoms with E-state index in [4.69, 9.17) is 4.74 Å². The summed E-state index contributed by atoms with van der Waals surface area (Å²) in [6.45, 7) is 5.56. The van der Waals surface area contributed by atoms with E-state index >= 15 is 0 Å². The van der Waals surface area contributed by atoms with Crippen LogP contribution in [0.1, 0.15) is 23.5 Å². The smallest absolute Gasteiger partial charge is 0.321 e. The van der Waals surface area contributed by atoms with Crippen molar-refractivity contribution >= 4 is 22.5 Å². The van der Waals surface area contributed by atoms with Crippen molar-refractivity contribution in [3.8, 4) is 0 Å². The van der Waals surface area contributed by atoms with Gasteiger partial charge in [-0.1, -0.05) is 24.3 Å². The number of carbonyl (C=O) groups is 1. The first-order chi connectivity index (χ1) is 12.3. The summed E-state index contributed by atoms with van der Waals surface area (Å²) in [4.78, 5) is 18.7. The van der Waals surface area contributed by atoms with Crippen LogP contribution in [0, 0.1) is 0 Å². The van der Waals surface area contributed by atoms with Crippen molar-refractivity contribution in [2.45, 2.75) is 19.4 Å². The highest BCUT2D eigenvalue weighted by atomic mass is 32.1. The van der Waals surface area contributed by atoms with E-state index in [1.54, 1.807) is 6.20 Å². The minimum Gasteiger partial charge on any atom is -0.379 e. The fraction of sp³-hybridized carbons (Fsp3) is 0.500. The lowest BCUT2D eigenvalue weighted by molar-refractivity contribution is 0.0167. The Balaban J connectivity index is 1.60. The second kappa shape index (κ2) is 8.84. The zero-order chi connectivity index (χ0) is 17.5. The molecular formula is C16H22N6O2S. The summed E-state index contributed by atoms with van der Waals surface area (Å²) in [6, 6.07) is 3.73. The van der Waals surface area contributed by atoms with Crippen molar-refractivity contribution in [1.29, 1.82) is 0 Å². The molecule has 3 heterocycles. The summed E-state index contributed by atoms with van der Waals surface area (Å²) >= 11 is 1.39. The average Bonchev–Trinajstić information content (AvgIpc) is 3.11. The van der Waals surface area contributed by atoms with Crippen LogP contribution in [0.25, 0.3) is 0 Å². The van der Waals surface area contributed by atoms with E-state index in [1.807, 2.05) is 25.3 Å². The number of hydrogen-bond donors (Lipinski definition) is 2. The van der Waals surface area contributed by atoms with Gasteiger partial charge in [-0.25, -0.2) is 4.79 Å². The average molecular weight is 362 g/mol. The highest BCUT2D eigenvalue weighted by Gasteiger charge is 2.23. The molecule has 1 saturated heterocycles. The van der Waals surface area contributed by atoms with E-state index in [2.05, 4.69) is 30.7 Å². The van der Waals surface area contributed by atoms with Crippen LogP contribution >= 0.6 is 11.3 Å². The number of amides is 2. The van der Waals surface area contributed by atoms with Gasteiger partial charge in [0.2, 0.25) is 5.13 Å². The summed E-state index contributed by atoms with van der Waals surface area (Å²) in [6.07, 6.45) is 4.40. The molecule has 1 fully saturated rings. The molecule has 2 aromatic heterocycles. The number of rotatable bonds is 6. The number of urea groups is 1. The van der Waals surface area contributed by atoms with Crippen LogP contribution in [0.3, 0.4) is 0 Å². The Kier molecular flexibility index (Phi) is 6.26. The second-order valence-corrected chi connectivity index (χ2v) is 6.70. The molecule has 0 radical (unpaired) electrons. The maximum atomic E-state index is 12.2. The van der Waals surface area contributed by atoms with Crippen LogP contribution in [0.15, 0.2) is 24.5 Å². The summed E-state index contributed by atoms with van der Waals surface area (Å²) in [7, 11) is 0. The van der Waals surface area contributed by atoms with Crippen LogP contribution in [0.5, 0.6) is 0 Å². The predicted molar refractivity (Wildman–Crippen MR) is 95.7 cm³/mol. The topological polar surface area (TPSA) is 92.3 Å². The van der Waals surface area contributed by atoms with Crippen molar-refractivity contribution in [1.82, 2.24) is 25.4 Å². The van der Waals surface area contributed by atoms with E-state index in [0.29, 0.717) is 24.9 Å². The number of ether oxygens (including phenoxy) is 1. The molecule has 25 heavy (non-hydrogen) atoms. The number of anilines is 1. The molecule has 1 atom stereocenters. The van der Waals surface area contributed by atoms with Crippen molar-refractivity contribution in [3.05, 3.63) is 35.1 Å². The highest BCUT2D eigenvalue weighted by Crippen LogP contribution is 2.20. The number of aryl methyl sites for hydroxylation is 1. The summed E-state index contributed by atoms with van der Waals surface area (Å²) in [5, 5.41) is 15.0. The van der Waals surface area contributed by atoms with Crippen LogP contribution in [0.2, 0.25) is 0 Å². The van der Waals surface area contributed by atoms with Crippen molar-refractivity contribution in [2.75, 3.05) is 38.2 Å². The van der Waals surface area contributed by atoms with Gasteiger partial charge >= 0.3 is 6.03 Å². The monoisotopic (exact) mass is 362 g/mol. The lowest BCUT2D eigenvalue weighted by atomic mass is 10.1. The molecule has 1 aliphatic heterocycles. The molecular weight excluding hydrogens is 340 g/mol. The largest absolute Gasteiger partial charge is 0.379 e. The molecule has 0 saturated carbocycles. The molecule has 0 bridgehead atoms. The van der Waals surface area contributed by atoms with E-state index in [9.17, 15) is 4.79 Å². The highest BCUT2D eigenvalue weighted by molar-refractivity contribution is 7.15. The van der Waals surface area contributed by atoms with Crippen LogP contribution in [-0.2, 0) is 11.2 Å². The van der Waals surface area contributed by atoms with Crippen molar-refractivity contribution < 1.29 is 9.53 Å². The number of nitrogens with one attached hydrogen (secondary N) is 2. The van der Waals surface area contributed by atoms with Gasteiger partial charge in [0, 0.05) is 32.0 Å². The van der Waals surface area contributed by atoms with Gasteiger partial charge in [0.15, 0.2) is 0 Å². The number of nitrogens with zero attached hydrogens (tertiary/aromatic N) is 4. The normalized spacial score (nSPS) is 16.4. The van der Waals surface area contributed by atoms with Gasteiger partial charge in [0.25, 0.3) is 0 Å². The molecule has 134 valence electrons. The van der Waals surface area contributed by atoms with E-state index in [1.165, 1.54) is 11.3 Å². The Hall–Kier alpha value is -2.10. The van der Waals surface area contributed by atoms with E-state index in [-0.39, 0.29) is 12.1 Å². The molecule has 2 amide bonds. The number of aromatic nitrogens is 3.